The number of methoxy groups -OCH3 is 5. The van der Waals surface area contributed by atoms with Crippen molar-refractivity contribution in [2.75, 3.05) is 68.5 Å². The highest BCUT2D eigenvalue weighted by molar-refractivity contribution is 5.96. The highest BCUT2D eigenvalue weighted by Crippen LogP contribution is 2.44. The Morgan fingerprint density at radius 3 is 1.87 bits per heavy atom. The summed E-state index contributed by atoms with van der Waals surface area (Å²) in [4.78, 5) is 18.9. The second-order valence-electron chi connectivity index (χ2n) is 13.8. The largest absolute Gasteiger partial charge is 0.497 e. The van der Waals surface area contributed by atoms with Gasteiger partial charge in [-0.2, -0.15) is 0 Å². The van der Waals surface area contributed by atoms with E-state index in [0.29, 0.717) is 86.1 Å². The summed E-state index contributed by atoms with van der Waals surface area (Å²) < 4.78 is 41.7. The summed E-state index contributed by atoms with van der Waals surface area (Å²) in [5.41, 5.74) is 11.0. The van der Waals surface area contributed by atoms with Crippen molar-refractivity contribution in [2.24, 2.45) is 11.1 Å². The zero-order valence-electron chi connectivity index (χ0n) is 33.0. The molecule has 5 aromatic rings. The molecule has 0 spiro atoms. The minimum Gasteiger partial charge on any atom is -0.497 e. The predicted octanol–water partition coefficient (Wildman–Crippen LogP) is 7.96. The molecule has 4 aromatic carbocycles. The van der Waals surface area contributed by atoms with Crippen LogP contribution in [0.1, 0.15) is 42.6 Å². The molecule has 0 aliphatic rings. The fourth-order valence-electron chi connectivity index (χ4n) is 6.43. The first-order valence-electron chi connectivity index (χ1n) is 18.3. The summed E-state index contributed by atoms with van der Waals surface area (Å²) in [7, 11) is 8.07. The summed E-state index contributed by atoms with van der Waals surface area (Å²) in [6, 6.07) is 27.4. The van der Waals surface area contributed by atoms with Gasteiger partial charge in [0.15, 0.2) is 17.3 Å². The summed E-state index contributed by atoms with van der Waals surface area (Å²) in [6.07, 6.45) is 1.15. The second-order valence-corrected chi connectivity index (χ2v) is 13.8. The van der Waals surface area contributed by atoms with E-state index in [9.17, 15) is 4.79 Å². The smallest absolute Gasteiger partial charge is 0.203 e. The summed E-state index contributed by atoms with van der Waals surface area (Å²) in [5.74, 6) is 3.67. The Morgan fingerprint density at radius 2 is 1.29 bits per heavy atom. The van der Waals surface area contributed by atoms with E-state index in [1.807, 2.05) is 84.9 Å². The van der Waals surface area contributed by atoms with Crippen molar-refractivity contribution in [1.29, 1.82) is 0 Å². The summed E-state index contributed by atoms with van der Waals surface area (Å²) in [5, 5.41) is 0. The molecule has 0 atom stereocenters. The van der Waals surface area contributed by atoms with Gasteiger partial charge in [0, 0.05) is 48.4 Å². The molecule has 11 nitrogen and oxygen atoms in total. The van der Waals surface area contributed by atoms with E-state index in [2.05, 4.69) is 18.4 Å². The van der Waals surface area contributed by atoms with E-state index in [-0.39, 0.29) is 11.2 Å². The lowest BCUT2D eigenvalue weighted by molar-refractivity contribution is 0.0387. The molecule has 2 N–H and O–H groups in total. The van der Waals surface area contributed by atoms with Crippen LogP contribution in [0.3, 0.4) is 0 Å². The molecular formula is C44H53N3O8. The van der Waals surface area contributed by atoms with Crippen LogP contribution < -0.4 is 29.4 Å². The Bertz CT molecular complexity index is 2000. The molecule has 292 valence electrons. The normalized spacial score (nSPS) is 11.3. The fourth-order valence-corrected chi connectivity index (χ4v) is 6.43. The lowest BCUT2D eigenvalue weighted by Crippen LogP contribution is -2.20. The number of ether oxygens (including phenoxy) is 7. The third-order valence-corrected chi connectivity index (χ3v) is 9.39. The maximum atomic E-state index is 13.5. The Kier molecular flexibility index (Phi) is 14.3. The van der Waals surface area contributed by atoms with Crippen LogP contribution in [0, 0.1) is 5.41 Å². The van der Waals surface area contributed by atoms with Gasteiger partial charge in [-0.1, -0.05) is 62.4 Å². The molecule has 0 aliphatic carbocycles. The number of benzene rings is 4. The zero-order valence-corrected chi connectivity index (χ0v) is 33.0. The number of aromatic nitrogens is 2. The molecule has 1 heterocycles. The maximum absolute atomic E-state index is 13.5. The van der Waals surface area contributed by atoms with Gasteiger partial charge < -0.3 is 43.5 Å². The van der Waals surface area contributed by atoms with Gasteiger partial charge in [-0.25, -0.2) is 4.98 Å². The first-order chi connectivity index (χ1) is 26.6. The maximum Gasteiger partial charge on any atom is 0.203 e. The van der Waals surface area contributed by atoms with Crippen molar-refractivity contribution in [2.45, 2.75) is 33.2 Å². The number of hydrogen-bond acceptors (Lipinski definition) is 10. The van der Waals surface area contributed by atoms with Crippen LogP contribution in [-0.2, 0) is 16.0 Å². The van der Waals surface area contributed by atoms with Gasteiger partial charge in [0.1, 0.15) is 17.3 Å². The molecule has 0 saturated heterocycles. The van der Waals surface area contributed by atoms with Crippen LogP contribution in [0.15, 0.2) is 84.9 Å². The van der Waals surface area contributed by atoms with Gasteiger partial charge in [-0.3, -0.25) is 4.79 Å². The zero-order chi connectivity index (χ0) is 39.4. The van der Waals surface area contributed by atoms with Crippen molar-refractivity contribution < 1.29 is 38.0 Å². The van der Waals surface area contributed by atoms with Gasteiger partial charge in [-0.05, 0) is 53.8 Å². The molecule has 55 heavy (non-hydrogen) atoms. The third kappa shape index (κ3) is 10.2. The highest BCUT2D eigenvalue weighted by Gasteiger charge is 2.26. The van der Waals surface area contributed by atoms with E-state index in [1.54, 1.807) is 35.5 Å². The lowest BCUT2D eigenvalue weighted by Gasteiger charge is -2.23. The standard InChI is InChI=1S/C44H53N3O8/c1-44(2,18-20-54-22-23-55-21-19-45)28-37(48)31-16-14-30(15-17-31)29-47-41(33-11-9-13-36(25-33)50-4)40(32-10-8-12-35(24-32)49-3)46-43(47)34-26-38(51-5)42(53-7)39(27-34)52-6/h8-17,24-27H,18-23,28-29,45H2,1-7H3. The summed E-state index contributed by atoms with van der Waals surface area (Å²) in [6.45, 7) is 7.20. The number of Topliss-reactive ketones (excluding diaryl/α,β-unsaturated/α-hetero) is 1. The summed E-state index contributed by atoms with van der Waals surface area (Å²) >= 11 is 0. The number of carbonyl (C=O) groups is 1. The topological polar surface area (TPSA) is 126 Å². The molecule has 0 saturated carbocycles. The third-order valence-electron chi connectivity index (χ3n) is 9.39. The number of nitrogens with two attached hydrogens (primary N) is 1. The average molecular weight is 752 g/mol. The van der Waals surface area contributed by atoms with Gasteiger partial charge in [-0.15, -0.1) is 0 Å². The van der Waals surface area contributed by atoms with Gasteiger partial charge in [0.2, 0.25) is 5.75 Å². The molecule has 11 heteroatoms. The molecule has 0 aliphatic heterocycles. The Balaban J connectivity index is 1.54. The molecule has 5 rings (SSSR count). The number of imidazole rings is 1. The van der Waals surface area contributed by atoms with Crippen molar-refractivity contribution in [3.05, 3.63) is 96.1 Å². The molecule has 0 unspecified atom stereocenters. The quantitative estimate of drug-likeness (QED) is 0.0583. The fraction of sp³-hybridized carbons (Fsp3) is 0.364. The van der Waals surface area contributed by atoms with E-state index >= 15 is 0 Å². The van der Waals surface area contributed by atoms with E-state index in [0.717, 1.165) is 40.1 Å². The van der Waals surface area contributed by atoms with Crippen LogP contribution in [0.25, 0.3) is 33.9 Å². The highest BCUT2D eigenvalue weighted by atomic mass is 16.5. The minimum absolute atomic E-state index is 0.0842. The minimum atomic E-state index is -0.234. The van der Waals surface area contributed by atoms with E-state index in [1.165, 1.54) is 0 Å². The van der Waals surface area contributed by atoms with Crippen LogP contribution >= 0.6 is 0 Å². The van der Waals surface area contributed by atoms with Crippen molar-refractivity contribution in [1.82, 2.24) is 9.55 Å². The van der Waals surface area contributed by atoms with Crippen LogP contribution in [0.2, 0.25) is 0 Å². The SMILES string of the molecule is COc1cccc(-c2nc(-c3cc(OC)c(OC)c(OC)c3)n(Cc3ccc(C(=O)CC(C)(C)CCOCCOCCN)cc3)c2-c2cccc(OC)c2)c1. The predicted molar refractivity (Wildman–Crippen MR) is 215 cm³/mol. The molecule has 1 aromatic heterocycles. The van der Waals surface area contributed by atoms with Crippen LogP contribution in [0.4, 0.5) is 0 Å². The Hall–Kier alpha value is -5.36. The number of ketones is 1. The molecule has 0 radical (unpaired) electrons. The van der Waals surface area contributed by atoms with Crippen molar-refractivity contribution >= 4 is 5.78 Å². The number of hydrogen-bond donors (Lipinski definition) is 1. The van der Waals surface area contributed by atoms with Crippen LogP contribution in [0.5, 0.6) is 28.7 Å². The molecule has 0 fully saturated rings. The first-order valence-corrected chi connectivity index (χ1v) is 18.3. The Labute approximate surface area is 324 Å². The average Bonchev–Trinajstić information content (AvgIpc) is 3.58. The number of carbonyl (C=O) groups excluding carboxylic acids is 1. The monoisotopic (exact) mass is 751 g/mol. The van der Waals surface area contributed by atoms with Gasteiger partial charge in [0.25, 0.3) is 0 Å². The number of rotatable bonds is 21. The lowest BCUT2D eigenvalue weighted by atomic mass is 9.83. The van der Waals surface area contributed by atoms with Crippen molar-refractivity contribution in [3.8, 4) is 62.7 Å². The number of nitrogens with zero attached hydrogens (tertiary/aromatic N) is 2. The van der Waals surface area contributed by atoms with Gasteiger partial charge >= 0.3 is 0 Å². The van der Waals surface area contributed by atoms with Crippen LogP contribution in [-0.4, -0.2) is 83.9 Å². The van der Waals surface area contributed by atoms with Gasteiger partial charge in [0.05, 0.1) is 66.8 Å². The Morgan fingerprint density at radius 1 is 0.691 bits per heavy atom. The molecule has 0 amide bonds. The van der Waals surface area contributed by atoms with E-state index < -0.39 is 0 Å². The molecule has 0 bridgehead atoms. The van der Waals surface area contributed by atoms with E-state index in [4.69, 9.17) is 43.9 Å². The molecular weight excluding hydrogens is 698 g/mol. The second kappa shape index (κ2) is 19.3. The first kappa shape index (κ1) is 40.8. The van der Waals surface area contributed by atoms with Crippen molar-refractivity contribution in [3.63, 3.8) is 0 Å².